The molecular weight excluding hydrogens is 286 g/mol. The molecule has 0 aliphatic carbocycles. The van der Waals surface area contributed by atoms with Gasteiger partial charge in [-0.1, -0.05) is 18.2 Å². The molecule has 1 aliphatic rings. The molecule has 17 heavy (non-hydrogen) atoms. The third kappa shape index (κ3) is 2.10. The van der Waals surface area contributed by atoms with Crippen LogP contribution in [0.5, 0.6) is 0 Å². The van der Waals surface area contributed by atoms with Gasteiger partial charge in [-0.2, -0.15) is 8.42 Å². The smallest absolute Gasteiger partial charge is 0.222 e. The first-order chi connectivity index (χ1) is 7.88. The standard InChI is InChI=1S/C9H8ClNO4S2/c10-5-6-16(12,13)9-7-3-1-2-4-8(7)17(14,15)11-9/h1-4H,5-6H2. The number of halogens is 1. The topological polar surface area (TPSA) is 80.6 Å². The number of hydrogen-bond donors (Lipinski definition) is 0. The average Bonchev–Trinajstić information content (AvgIpc) is 2.53. The summed E-state index contributed by atoms with van der Waals surface area (Å²) >= 11 is 5.38. The van der Waals surface area contributed by atoms with Crippen molar-refractivity contribution in [2.45, 2.75) is 4.90 Å². The number of hydrogen-bond acceptors (Lipinski definition) is 4. The maximum atomic E-state index is 11.8. The zero-order chi connectivity index (χ0) is 12.7. The Labute approximate surface area is 104 Å². The lowest BCUT2D eigenvalue weighted by Gasteiger charge is -2.01. The van der Waals surface area contributed by atoms with Gasteiger partial charge in [0.25, 0.3) is 10.0 Å². The Bertz CT molecular complexity index is 691. The fourth-order valence-electron chi connectivity index (χ4n) is 1.50. The summed E-state index contributed by atoms with van der Waals surface area (Å²) in [7, 11) is -7.65. The average molecular weight is 294 g/mol. The van der Waals surface area contributed by atoms with Gasteiger partial charge in [-0.25, -0.2) is 8.42 Å². The van der Waals surface area contributed by atoms with Crippen LogP contribution in [0.25, 0.3) is 0 Å². The number of nitrogens with zero attached hydrogens (tertiary/aromatic N) is 1. The second-order valence-electron chi connectivity index (χ2n) is 3.38. The number of sulfone groups is 1. The molecule has 0 aromatic heterocycles. The van der Waals surface area contributed by atoms with Crippen LogP contribution in [-0.4, -0.2) is 33.5 Å². The van der Waals surface area contributed by atoms with Crippen LogP contribution >= 0.6 is 11.6 Å². The van der Waals surface area contributed by atoms with Crippen molar-refractivity contribution in [3.63, 3.8) is 0 Å². The van der Waals surface area contributed by atoms with Gasteiger partial charge in [0.2, 0.25) is 0 Å². The molecule has 0 radical (unpaired) electrons. The maximum Gasteiger partial charge on any atom is 0.284 e. The van der Waals surface area contributed by atoms with E-state index in [-0.39, 0.29) is 22.1 Å². The van der Waals surface area contributed by atoms with Crippen LogP contribution in [0.1, 0.15) is 5.56 Å². The van der Waals surface area contributed by atoms with E-state index < -0.39 is 24.9 Å². The van der Waals surface area contributed by atoms with Gasteiger partial charge in [0.05, 0.1) is 10.6 Å². The van der Waals surface area contributed by atoms with E-state index in [0.29, 0.717) is 0 Å². The van der Waals surface area contributed by atoms with Crippen molar-refractivity contribution in [1.29, 1.82) is 0 Å². The first-order valence-electron chi connectivity index (χ1n) is 4.61. The highest BCUT2D eigenvalue weighted by atomic mass is 35.5. The lowest BCUT2D eigenvalue weighted by molar-refractivity contribution is 0.598. The Balaban J connectivity index is 2.68. The molecule has 2 rings (SSSR count). The molecule has 1 aromatic rings. The highest BCUT2D eigenvalue weighted by Crippen LogP contribution is 2.28. The van der Waals surface area contributed by atoms with Gasteiger partial charge in [-0.15, -0.1) is 16.0 Å². The van der Waals surface area contributed by atoms with Crippen molar-refractivity contribution in [2.24, 2.45) is 4.40 Å². The van der Waals surface area contributed by atoms with Crippen LogP contribution in [-0.2, 0) is 19.9 Å². The molecule has 5 nitrogen and oxygen atoms in total. The van der Waals surface area contributed by atoms with Crippen LogP contribution in [0.15, 0.2) is 33.6 Å². The second-order valence-corrected chi connectivity index (χ2v) is 7.35. The molecule has 1 heterocycles. The Hall–Kier alpha value is -0.920. The predicted octanol–water partition coefficient (Wildman–Crippen LogP) is 0.789. The predicted molar refractivity (Wildman–Crippen MR) is 64.7 cm³/mol. The molecule has 92 valence electrons. The van der Waals surface area contributed by atoms with Gasteiger partial charge in [0, 0.05) is 11.4 Å². The molecule has 0 spiro atoms. The highest BCUT2D eigenvalue weighted by molar-refractivity contribution is 8.08. The molecule has 0 fully saturated rings. The van der Waals surface area contributed by atoms with Crippen molar-refractivity contribution in [2.75, 3.05) is 11.6 Å². The molecule has 0 saturated heterocycles. The monoisotopic (exact) mass is 293 g/mol. The normalized spacial score (nSPS) is 17.6. The number of alkyl halides is 1. The van der Waals surface area contributed by atoms with Gasteiger partial charge in [0.15, 0.2) is 14.9 Å². The minimum absolute atomic E-state index is 0.0758. The fourth-order valence-corrected chi connectivity index (χ4v) is 4.94. The molecule has 1 aromatic carbocycles. The number of benzene rings is 1. The van der Waals surface area contributed by atoms with Gasteiger partial charge in [0.1, 0.15) is 0 Å². The third-order valence-electron chi connectivity index (χ3n) is 2.24. The molecule has 1 aliphatic heterocycles. The van der Waals surface area contributed by atoms with E-state index in [2.05, 4.69) is 4.40 Å². The highest BCUT2D eigenvalue weighted by Gasteiger charge is 2.35. The minimum Gasteiger partial charge on any atom is -0.222 e. The molecule has 0 saturated carbocycles. The number of sulfonamides is 1. The quantitative estimate of drug-likeness (QED) is 0.755. The summed E-state index contributed by atoms with van der Waals surface area (Å²) in [6, 6.07) is 5.83. The summed E-state index contributed by atoms with van der Waals surface area (Å²) in [6.07, 6.45) is 0. The maximum absolute atomic E-state index is 11.8. The fraction of sp³-hybridized carbons (Fsp3) is 0.222. The van der Waals surface area contributed by atoms with Crippen LogP contribution in [0.2, 0.25) is 0 Å². The number of fused-ring (bicyclic) bond motifs is 1. The summed E-state index contributed by atoms with van der Waals surface area (Å²) in [5.41, 5.74) is 0.123. The molecule has 0 unspecified atom stereocenters. The van der Waals surface area contributed by atoms with E-state index in [1.54, 1.807) is 6.07 Å². The molecule has 0 atom stereocenters. The molecule has 0 N–H and O–H groups in total. The second kappa shape index (κ2) is 4.08. The molecular formula is C9H8ClNO4S2. The third-order valence-corrected chi connectivity index (χ3v) is 5.74. The summed E-state index contributed by atoms with van der Waals surface area (Å²) in [5.74, 6) is -0.444. The van der Waals surface area contributed by atoms with E-state index in [9.17, 15) is 16.8 Å². The van der Waals surface area contributed by atoms with E-state index in [1.807, 2.05) is 0 Å². The Morgan fingerprint density at radius 2 is 1.88 bits per heavy atom. The zero-order valence-corrected chi connectivity index (χ0v) is 10.9. The van der Waals surface area contributed by atoms with E-state index in [0.717, 1.165) is 0 Å². The lowest BCUT2D eigenvalue weighted by Crippen LogP contribution is -2.19. The van der Waals surface area contributed by atoms with Crippen molar-refractivity contribution < 1.29 is 16.8 Å². The van der Waals surface area contributed by atoms with Gasteiger partial charge in [-0.3, -0.25) is 0 Å². The first kappa shape index (κ1) is 12.5. The SMILES string of the molecule is O=S(=O)(CCCl)C1=NS(=O)(=O)c2ccccc21. The van der Waals surface area contributed by atoms with Crippen molar-refractivity contribution in [3.05, 3.63) is 29.8 Å². The Morgan fingerprint density at radius 1 is 1.24 bits per heavy atom. The van der Waals surface area contributed by atoms with Crippen molar-refractivity contribution >= 4 is 36.5 Å². The van der Waals surface area contributed by atoms with Crippen LogP contribution in [0.3, 0.4) is 0 Å². The van der Waals surface area contributed by atoms with Gasteiger partial charge < -0.3 is 0 Å². The van der Waals surface area contributed by atoms with Crippen LogP contribution in [0.4, 0.5) is 0 Å². The largest absolute Gasteiger partial charge is 0.284 e. The summed E-state index contributed by atoms with van der Waals surface area (Å²) < 4.78 is 50.2. The Kier molecular flexibility index (Phi) is 3.01. The zero-order valence-electron chi connectivity index (χ0n) is 8.50. The van der Waals surface area contributed by atoms with E-state index >= 15 is 0 Å². The first-order valence-corrected chi connectivity index (χ1v) is 8.24. The van der Waals surface area contributed by atoms with Crippen LogP contribution < -0.4 is 0 Å². The van der Waals surface area contributed by atoms with E-state index in [4.69, 9.17) is 11.6 Å². The lowest BCUT2D eigenvalue weighted by atomic mass is 10.2. The molecule has 0 amide bonds. The van der Waals surface area contributed by atoms with Gasteiger partial charge >= 0.3 is 0 Å². The van der Waals surface area contributed by atoms with Gasteiger partial charge in [-0.05, 0) is 6.07 Å². The summed E-state index contributed by atoms with van der Waals surface area (Å²) in [5, 5.41) is -0.409. The summed E-state index contributed by atoms with van der Waals surface area (Å²) in [4.78, 5) is -0.0758. The summed E-state index contributed by atoms with van der Waals surface area (Å²) in [6.45, 7) is 0. The van der Waals surface area contributed by atoms with Crippen LogP contribution in [0, 0.1) is 0 Å². The number of rotatable bonds is 2. The Morgan fingerprint density at radius 3 is 2.53 bits per heavy atom. The van der Waals surface area contributed by atoms with Crippen molar-refractivity contribution in [3.8, 4) is 0 Å². The minimum atomic E-state index is -3.89. The molecule has 8 heteroatoms. The van der Waals surface area contributed by atoms with Crippen molar-refractivity contribution in [1.82, 2.24) is 0 Å². The molecule has 0 bridgehead atoms. The van der Waals surface area contributed by atoms with E-state index in [1.165, 1.54) is 18.2 Å².